The number of esters is 1. The Morgan fingerprint density at radius 3 is 2.81 bits per heavy atom. The summed E-state index contributed by atoms with van der Waals surface area (Å²) in [7, 11) is -2.36. The summed E-state index contributed by atoms with van der Waals surface area (Å²) in [6.45, 7) is 1.69. The SMILES string of the molecule is COC(=O)CCS(=O)(=O)NC(C)c1nc2ccccc2[nH]1. The number of H-pyrrole nitrogens is 1. The lowest BCUT2D eigenvalue weighted by Gasteiger charge is -2.11. The lowest BCUT2D eigenvalue weighted by Crippen LogP contribution is -2.30. The van der Waals surface area contributed by atoms with Crippen molar-refractivity contribution in [2.24, 2.45) is 0 Å². The van der Waals surface area contributed by atoms with Crippen LogP contribution >= 0.6 is 0 Å². The van der Waals surface area contributed by atoms with Crippen LogP contribution < -0.4 is 4.72 Å². The van der Waals surface area contributed by atoms with Gasteiger partial charge in [-0.3, -0.25) is 4.79 Å². The second-order valence-electron chi connectivity index (χ2n) is 4.62. The van der Waals surface area contributed by atoms with Gasteiger partial charge in [0, 0.05) is 0 Å². The molecule has 114 valence electrons. The molecule has 0 fully saturated rings. The number of benzene rings is 1. The summed E-state index contributed by atoms with van der Waals surface area (Å²) < 4.78 is 30.7. The number of hydrogen-bond donors (Lipinski definition) is 2. The minimum absolute atomic E-state index is 0.182. The van der Waals surface area contributed by atoms with E-state index in [1.165, 1.54) is 7.11 Å². The quantitative estimate of drug-likeness (QED) is 0.778. The highest BCUT2D eigenvalue weighted by Gasteiger charge is 2.19. The average molecular weight is 311 g/mol. The molecule has 0 aliphatic rings. The van der Waals surface area contributed by atoms with Gasteiger partial charge in [-0.05, 0) is 19.1 Å². The molecule has 1 atom stereocenters. The molecule has 2 aromatic rings. The van der Waals surface area contributed by atoms with Crippen LogP contribution in [0.3, 0.4) is 0 Å². The molecule has 0 bridgehead atoms. The second kappa shape index (κ2) is 6.23. The summed E-state index contributed by atoms with van der Waals surface area (Å²) in [5, 5.41) is 0. The Balaban J connectivity index is 2.06. The fraction of sp³-hybridized carbons (Fsp3) is 0.385. The van der Waals surface area contributed by atoms with E-state index in [1.807, 2.05) is 24.3 Å². The molecule has 1 unspecified atom stereocenters. The van der Waals surface area contributed by atoms with E-state index >= 15 is 0 Å². The van der Waals surface area contributed by atoms with Crippen LogP contribution in [0.5, 0.6) is 0 Å². The van der Waals surface area contributed by atoms with Gasteiger partial charge in [-0.2, -0.15) is 0 Å². The smallest absolute Gasteiger partial charge is 0.306 e. The number of para-hydroxylation sites is 2. The second-order valence-corrected chi connectivity index (χ2v) is 6.50. The number of methoxy groups -OCH3 is 1. The van der Waals surface area contributed by atoms with Gasteiger partial charge in [-0.25, -0.2) is 18.1 Å². The fourth-order valence-corrected chi connectivity index (χ4v) is 3.09. The number of carbonyl (C=O) groups is 1. The maximum absolute atomic E-state index is 11.9. The van der Waals surface area contributed by atoms with Gasteiger partial charge in [-0.15, -0.1) is 0 Å². The van der Waals surface area contributed by atoms with Gasteiger partial charge < -0.3 is 9.72 Å². The monoisotopic (exact) mass is 311 g/mol. The first-order chi connectivity index (χ1) is 9.91. The Hall–Kier alpha value is -1.93. The van der Waals surface area contributed by atoms with Crippen molar-refractivity contribution in [1.29, 1.82) is 0 Å². The van der Waals surface area contributed by atoms with E-state index in [2.05, 4.69) is 19.4 Å². The molecule has 0 aliphatic heterocycles. The number of imidazole rings is 1. The molecule has 1 heterocycles. The number of carbonyl (C=O) groups excluding carboxylic acids is 1. The van der Waals surface area contributed by atoms with Gasteiger partial charge in [0.15, 0.2) is 0 Å². The molecule has 0 amide bonds. The van der Waals surface area contributed by atoms with E-state index < -0.39 is 22.0 Å². The van der Waals surface area contributed by atoms with Gasteiger partial charge >= 0.3 is 5.97 Å². The Labute approximate surface area is 122 Å². The predicted octanol–water partition coefficient (Wildman–Crippen LogP) is 1.11. The molecule has 8 heteroatoms. The normalized spacial score (nSPS) is 13.2. The summed E-state index contributed by atoms with van der Waals surface area (Å²) in [6.07, 6.45) is -0.182. The number of nitrogens with one attached hydrogen (secondary N) is 2. The zero-order valence-electron chi connectivity index (χ0n) is 11.8. The van der Waals surface area contributed by atoms with Gasteiger partial charge in [-0.1, -0.05) is 12.1 Å². The standard InChI is InChI=1S/C13H17N3O4S/c1-9(16-21(18,19)8-7-12(17)20-2)13-14-10-5-3-4-6-11(10)15-13/h3-6,9,16H,7-8H2,1-2H3,(H,14,15). The Bertz CT molecular complexity index is 706. The van der Waals surface area contributed by atoms with Crippen molar-refractivity contribution in [3.8, 4) is 0 Å². The van der Waals surface area contributed by atoms with Crippen LogP contribution in [0.15, 0.2) is 24.3 Å². The van der Waals surface area contributed by atoms with E-state index in [4.69, 9.17) is 0 Å². The van der Waals surface area contributed by atoms with Crippen LogP contribution in [-0.2, 0) is 19.6 Å². The third-order valence-electron chi connectivity index (χ3n) is 2.98. The van der Waals surface area contributed by atoms with E-state index in [-0.39, 0.29) is 12.2 Å². The van der Waals surface area contributed by atoms with Crippen molar-refractivity contribution in [1.82, 2.24) is 14.7 Å². The van der Waals surface area contributed by atoms with E-state index in [0.717, 1.165) is 11.0 Å². The van der Waals surface area contributed by atoms with Gasteiger partial charge in [0.05, 0.1) is 36.4 Å². The molecule has 0 saturated heterocycles. The maximum Gasteiger partial charge on any atom is 0.306 e. The first kappa shape index (κ1) is 15.5. The molecule has 1 aromatic carbocycles. The average Bonchev–Trinajstić information content (AvgIpc) is 2.88. The van der Waals surface area contributed by atoms with Gasteiger partial charge in [0.1, 0.15) is 5.82 Å². The first-order valence-corrected chi connectivity index (χ1v) is 8.08. The van der Waals surface area contributed by atoms with Crippen molar-refractivity contribution in [2.45, 2.75) is 19.4 Å². The van der Waals surface area contributed by atoms with Crippen LogP contribution in [0.4, 0.5) is 0 Å². The van der Waals surface area contributed by atoms with Gasteiger partial charge in [0.25, 0.3) is 0 Å². The minimum atomic E-state index is -3.58. The molecule has 0 spiro atoms. The number of rotatable bonds is 6. The van der Waals surface area contributed by atoms with E-state index in [0.29, 0.717) is 5.82 Å². The van der Waals surface area contributed by atoms with Gasteiger partial charge in [0.2, 0.25) is 10.0 Å². The molecule has 2 N–H and O–H groups in total. The molecule has 0 saturated carbocycles. The minimum Gasteiger partial charge on any atom is -0.469 e. The fourth-order valence-electron chi connectivity index (χ4n) is 1.88. The third kappa shape index (κ3) is 4.02. The third-order valence-corrected chi connectivity index (χ3v) is 4.43. The topological polar surface area (TPSA) is 101 Å². The predicted molar refractivity (Wildman–Crippen MR) is 78.1 cm³/mol. The summed E-state index contributed by atoms with van der Waals surface area (Å²) in [5.74, 6) is -0.348. The molecule has 1 aromatic heterocycles. The zero-order valence-corrected chi connectivity index (χ0v) is 12.6. The number of nitrogens with zero attached hydrogens (tertiary/aromatic N) is 1. The van der Waals surface area contributed by atoms with E-state index in [9.17, 15) is 13.2 Å². The highest BCUT2D eigenvalue weighted by Crippen LogP contribution is 2.16. The molecule has 21 heavy (non-hydrogen) atoms. The van der Waals surface area contributed by atoms with Crippen LogP contribution in [0.2, 0.25) is 0 Å². The molecule has 2 rings (SSSR count). The number of sulfonamides is 1. The van der Waals surface area contributed by atoms with Crippen molar-refractivity contribution in [2.75, 3.05) is 12.9 Å². The first-order valence-electron chi connectivity index (χ1n) is 6.43. The van der Waals surface area contributed by atoms with Crippen molar-refractivity contribution < 1.29 is 17.9 Å². The van der Waals surface area contributed by atoms with Crippen LogP contribution in [0.25, 0.3) is 11.0 Å². The van der Waals surface area contributed by atoms with Crippen LogP contribution in [0, 0.1) is 0 Å². The number of aromatic amines is 1. The molecular weight excluding hydrogens is 294 g/mol. The van der Waals surface area contributed by atoms with Crippen LogP contribution in [-0.4, -0.2) is 37.2 Å². The number of ether oxygens (including phenoxy) is 1. The Morgan fingerprint density at radius 2 is 2.14 bits per heavy atom. The molecule has 7 nitrogen and oxygen atoms in total. The Morgan fingerprint density at radius 1 is 1.43 bits per heavy atom. The largest absolute Gasteiger partial charge is 0.469 e. The van der Waals surface area contributed by atoms with E-state index in [1.54, 1.807) is 6.92 Å². The summed E-state index contributed by atoms with van der Waals surface area (Å²) in [6, 6.07) is 6.92. The van der Waals surface area contributed by atoms with Crippen molar-refractivity contribution >= 4 is 27.0 Å². The maximum atomic E-state index is 11.9. The lowest BCUT2D eigenvalue weighted by atomic mass is 10.3. The summed E-state index contributed by atoms with van der Waals surface area (Å²) >= 11 is 0. The number of hydrogen-bond acceptors (Lipinski definition) is 5. The molecule has 0 radical (unpaired) electrons. The molecular formula is C13H17N3O4S. The number of aromatic nitrogens is 2. The van der Waals surface area contributed by atoms with Crippen molar-refractivity contribution in [3.05, 3.63) is 30.1 Å². The lowest BCUT2D eigenvalue weighted by molar-refractivity contribution is -0.140. The van der Waals surface area contributed by atoms with Crippen molar-refractivity contribution in [3.63, 3.8) is 0 Å². The highest BCUT2D eigenvalue weighted by molar-refractivity contribution is 7.89. The van der Waals surface area contributed by atoms with Crippen LogP contribution in [0.1, 0.15) is 25.2 Å². The number of fused-ring (bicyclic) bond motifs is 1. The highest BCUT2D eigenvalue weighted by atomic mass is 32.2. The zero-order chi connectivity index (χ0) is 15.5. The Kier molecular flexibility index (Phi) is 4.59. The summed E-state index contributed by atoms with van der Waals surface area (Å²) in [4.78, 5) is 18.4. The molecule has 0 aliphatic carbocycles. The summed E-state index contributed by atoms with van der Waals surface area (Å²) in [5.41, 5.74) is 1.61.